The minimum atomic E-state index is -0.539. The van der Waals surface area contributed by atoms with E-state index < -0.39 is 6.04 Å². The maximum atomic E-state index is 13.4. The lowest BCUT2D eigenvalue weighted by Crippen LogP contribution is -2.50. The number of aryl methyl sites for hydroxylation is 1. The number of fused-ring (bicyclic) bond motifs is 1. The number of nitrogens with one attached hydrogen (secondary N) is 1. The minimum Gasteiger partial charge on any atom is -0.486 e. The van der Waals surface area contributed by atoms with Crippen LogP contribution in [-0.2, 0) is 22.6 Å². The molecule has 0 fully saturated rings. The molecule has 178 valence electrons. The number of ether oxygens (including phenoxy) is 2. The molecule has 0 radical (unpaired) electrons. The first kappa shape index (κ1) is 24.9. The zero-order valence-corrected chi connectivity index (χ0v) is 20.4. The predicted octanol–water partition coefficient (Wildman–Crippen LogP) is 4.77. The normalized spacial score (nSPS) is 14.3. The van der Waals surface area contributed by atoms with Gasteiger partial charge in [0.1, 0.15) is 19.3 Å². The van der Waals surface area contributed by atoms with Crippen LogP contribution in [-0.4, -0.2) is 42.0 Å². The number of hydrogen-bond donors (Lipinski definition) is 1. The monoisotopic (exact) mass is 472 g/mol. The number of benzene rings is 2. The minimum absolute atomic E-state index is 0.0525. The molecule has 2 aromatic carbocycles. The summed E-state index contributed by atoms with van der Waals surface area (Å²) in [7, 11) is 0. The second-order valence-corrected chi connectivity index (χ2v) is 8.80. The molecule has 0 aliphatic carbocycles. The molecular weight excluding hydrogens is 440 g/mol. The van der Waals surface area contributed by atoms with E-state index in [2.05, 4.69) is 5.32 Å². The number of nitrogens with zero attached hydrogens (tertiary/aromatic N) is 1. The van der Waals surface area contributed by atoms with Crippen molar-refractivity contribution in [3.8, 4) is 11.5 Å². The van der Waals surface area contributed by atoms with Gasteiger partial charge in [-0.05, 0) is 61.6 Å². The molecule has 2 atom stereocenters. The summed E-state index contributed by atoms with van der Waals surface area (Å²) in [5.41, 5.74) is 1.93. The Hall–Kier alpha value is -2.73. The summed E-state index contributed by atoms with van der Waals surface area (Å²) in [6.45, 7) is 7.34. The van der Waals surface area contributed by atoms with Gasteiger partial charge < -0.3 is 19.7 Å². The topological polar surface area (TPSA) is 67.9 Å². The Kier molecular flexibility index (Phi) is 9.01. The molecule has 3 rings (SSSR count). The van der Waals surface area contributed by atoms with Gasteiger partial charge >= 0.3 is 0 Å². The summed E-state index contributed by atoms with van der Waals surface area (Å²) >= 11 is 6.03. The van der Waals surface area contributed by atoms with Crippen LogP contribution in [0.1, 0.15) is 51.2 Å². The van der Waals surface area contributed by atoms with Crippen molar-refractivity contribution in [3.05, 3.63) is 58.6 Å². The smallest absolute Gasteiger partial charge is 0.243 e. The van der Waals surface area contributed by atoms with E-state index in [9.17, 15) is 9.59 Å². The van der Waals surface area contributed by atoms with E-state index in [4.69, 9.17) is 21.1 Å². The molecule has 6 nitrogen and oxygen atoms in total. The zero-order chi connectivity index (χ0) is 23.8. The van der Waals surface area contributed by atoms with Crippen LogP contribution >= 0.6 is 11.6 Å². The largest absolute Gasteiger partial charge is 0.486 e. The van der Waals surface area contributed by atoms with E-state index in [-0.39, 0.29) is 17.9 Å². The number of carbonyl (C=O) groups is 2. The van der Waals surface area contributed by atoms with Crippen LogP contribution in [0.3, 0.4) is 0 Å². The first-order valence-corrected chi connectivity index (χ1v) is 12.0. The lowest BCUT2D eigenvalue weighted by Gasteiger charge is -2.31. The van der Waals surface area contributed by atoms with Gasteiger partial charge in [0.25, 0.3) is 0 Å². The zero-order valence-electron chi connectivity index (χ0n) is 19.6. The van der Waals surface area contributed by atoms with E-state index in [1.165, 1.54) is 0 Å². The Morgan fingerprint density at radius 1 is 1.00 bits per heavy atom. The number of hydrogen-bond acceptors (Lipinski definition) is 4. The number of halogens is 1. The quantitative estimate of drug-likeness (QED) is 0.541. The first-order chi connectivity index (χ1) is 15.9. The molecule has 1 aliphatic heterocycles. The van der Waals surface area contributed by atoms with E-state index in [0.717, 1.165) is 23.3 Å². The third-order valence-corrected chi connectivity index (χ3v) is 6.14. The van der Waals surface area contributed by atoms with Gasteiger partial charge in [0.05, 0.1) is 0 Å². The van der Waals surface area contributed by atoms with Crippen molar-refractivity contribution >= 4 is 23.4 Å². The standard InChI is InChI=1S/C26H33ClN2O4/c1-4-18(3)28-26(31)22(5-2)29(17-20-6-10-21(27)11-7-20)25(30)13-9-19-8-12-23-24(16-19)33-15-14-32-23/h6-8,10-12,16,18,22H,4-5,9,13-15,17H2,1-3H3,(H,28,31). The van der Waals surface area contributed by atoms with Gasteiger partial charge in [0.2, 0.25) is 11.8 Å². The maximum absolute atomic E-state index is 13.4. The summed E-state index contributed by atoms with van der Waals surface area (Å²) in [6, 6.07) is 12.7. The highest BCUT2D eigenvalue weighted by Crippen LogP contribution is 2.31. The summed E-state index contributed by atoms with van der Waals surface area (Å²) in [4.78, 5) is 28.1. The molecule has 2 aromatic rings. The Bertz CT molecular complexity index is 948. The highest BCUT2D eigenvalue weighted by molar-refractivity contribution is 6.30. The number of carbonyl (C=O) groups excluding carboxylic acids is 2. The molecule has 33 heavy (non-hydrogen) atoms. The summed E-state index contributed by atoms with van der Waals surface area (Å²) in [5, 5.41) is 3.67. The van der Waals surface area contributed by atoms with Crippen LogP contribution in [0.4, 0.5) is 0 Å². The van der Waals surface area contributed by atoms with E-state index >= 15 is 0 Å². The second-order valence-electron chi connectivity index (χ2n) is 8.37. The van der Waals surface area contributed by atoms with E-state index in [1.54, 1.807) is 17.0 Å². The summed E-state index contributed by atoms with van der Waals surface area (Å²) in [5.74, 6) is 1.26. The lowest BCUT2D eigenvalue weighted by molar-refractivity contribution is -0.141. The van der Waals surface area contributed by atoms with Crippen LogP contribution < -0.4 is 14.8 Å². The van der Waals surface area contributed by atoms with Crippen LogP contribution in [0.25, 0.3) is 0 Å². The molecule has 0 bridgehead atoms. The van der Waals surface area contributed by atoms with Gasteiger partial charge in [-0.3, -0.25) is 9.59 Å². The van der Waals surface area contributed by atoms with Gasteiger partial charge in [-0.15, -0.1) is 0 Å². The van der Waals surface area contributed by atoms with Crippen LogP contribution in [0, 0.1) is 0 Å². The Morgan fingerprint density at radius 3 is 2.33 bits per heavy atom. The number of rotatable bonds is 10. The Balaban J connectivity index is 1.75. The third-order valence-electron chi connectivity index (χ3n) is 5.89. The highest BCUT2D eigenvalue weighted by Gasteiger charge is 2.29. The van der Waals surface area contributed by atoms with Gasteiger partial charge in [0.15, 0.2) is 11.5 Å². The fourth-order valence-electron chi connectivity index (χ4n) is 3.79. The first-order valence-electron chi connectivity index (χ1n) is 11.6. The fourth-order valence-corrected chi connectivity index (χ4v) is 3.91. The Labute approximate surface area is 201 Å². The molecule has 0 aromatic heterocycles. The number of amides is 2. The van der Waals surface area contributed by atoms with Crippen molar-refractivity contribution in [2.75, 3.05) is 13.2 Å². The van der Waals surface area contributed by atoms with Crippen molar-refractivity contribution in [2.24, 2.45) is 0 Å². The Morgan fingerprint density at radius 2 is 1.67 bits per heavy atom. The second kappa shape index (κ2) is 11.9. The maximum Gasteiger partial charge on any atom is 0.243 e. The fraction of sp³-hybridized carbons (Fsp3) is 0.462. The molecule has 0 saturated carbocycles. The van der Waals surface area contributed by atoms with E-state index in [0.29, 0.717) is 49.8 Å². The molecule has 2 amide bonds. The average Bonchev–Trinajstić information content (AvgIpc) is 2.83. The third kappa shape index (κ3) is 6.87. The molecule has 2 unspecified atom stereocenters. The summed E-state index contributed by atoms with van der Waals surface area (Å²) in [6.07, 6.45) is 2.21. The molecule has 0 spiro atoms. The van der Waals surface area contributed by atoms with Crippen molar-refractivity contribution in [1.82, 2.24) is 10.2 Å². The van der Waals surface area contributed by atoms with Crippen LogP contribution in [0.5, 0.6) is 11.5 Å². The van der Waals surface area contributed by atoms with Gasteiger partial charge in [-0.1, -0.05) is 43.6 Å². The lowest BCUT2D eigenvalue weighted by atomic mass is 10.0. The van der Waals surface area contributed by atoms with Crippen molar-refractivity contribution in [3.63, 3.8) is 0 Å². The molecule has 0 saturated heterocycles. The molecule has 7 heteroatoms. The summed E-state index contributed by atoms with van der Waals surface area (Å²) < 4.78 is 11.2. The van der Waals surface area contributed by atoms with E-state index in [1.807, 2.05) is 51.1 Å². The van der Waals surface area contributed by atoms with Gasteiger partial charge in [-0.2, -0.15) is 0 Å². The van der Waals surface area contributed by atoms with Gasteiger partial charge in [-0.25, -0.2) is 0 Å². The van der Waals surface area contributed by atoms with Crippen LogP contribution in [0.15, 0.2) is 42.5 Å². The molecule has 1 heterocycles. The SMILES string of the molecule is CCC(C)NC(=O)C(CC)N(Cc1ccc(Cl)cc1)C(=O)CCc1ccc2c(c1)OCCO2. The molecular formula is C26H33ClN2O4. The predicted molar refractivity (Wildman–Crippen MR) is 130 cm³/mol. The van der Waals surface area contributed by atoms with Crippen molar-refractivity contribution < 1.29 is 19.1 Å². The average molecular weight is 473 g/mol. The molecule has 1 aliphatic rings. The van der Waals surface area contributed by atoms with Gasteiger partial charge in [0, 0.05) is 24.0 Å². The van der Waals surface area contributed by atoms with Crippen LogP contribution in [0.2, 0.25) is 5.02 Å². The van der Waals surface area contributed by atoms with Crippen molar-refractivity contribution in [1.29, 1.82) is 0 Å². The highest BCUT2D eigenvalue weighted by atomic mass is 35.5. The van der Waals surface area contributed by atoms with Crippen molar-refractivity contribution in [2.45, 2.75) is 65.1 Å². The molecule has 1 N–H and O–H groups in total.